The van der Waals surface area contributed by atoms with Gasteiger partial charge in [-0.15, -0.1) is 24.8 Å². The van der Waals surface area contributed by atoms with Crippen molar-refractivity contribution in [3.8, 4) is 17.2 Å². The van der Waals surface area contributed by atoms with Gasteiger partial charge >= 0.3 is 0 Å². The van der Waals surface area contributed by atoms with Gasteiger partial charge in [-0.1, -0.05) is 6.42 Å². The molecule has 6 nitrogen and oxygen atoms in total. The van der Waals surface area contributed by atoms with Gasteiger partial charge in [-0.3, -0.25) is 0 Å². The molecule has 1 fully saturated rings. The third kappa shape index (κ3) is 6.75. The molecule has 1 aliphatic heterocycles. The van der Waals surface area contributed by atoms with E-state index in [4.69, 9.17) is 19.6 Å². The molecule has 0 atom stereocenters. The van der Waals surface area contributed by atoms with Crippen LogP contribution in [-0.2, 0) is 0 Å². The van der Waals surface area contributed by atoms with Crippen LogP contribution in [0.1, 0.15) is 25.7 Å². The Morgan fingerprint density at radius 1 is 1.08 bits per heavy atom. The molecule has 1 N–H and O–H groups in total. The third-order valence-electron chi connectivity index (χ3n) is 3.97. The molecule has 8 heteroatoms. The van der Waals surface area contributed by atoms with Crippen LogP contribution in [0.3, 0.4) is 0 Å². The summed E-state index contributed by atoms with van der Waals surface area (Å²) in [7, 11) is 3.15. The topological polar surface area (TPSA) is 67.1 Å². The average Bonchev–Trinajstić information content (AvgIpc) is 2.60. The summed E-state index contributed by atoms with van der Waals surface area (Å²) in [5.41, 5.74) is 0.524. The summed E-state index contributed by atoms with van der Waals surface area (Å²) in [6.45, 7) is 3.98. The summed E-state index contributed by atoms with van der Waals surface area (Å²) in [4.78, 5) is 6.38. The molecule has 1 saturated heterocycles. The second-order valence-corrected chi connectivity index (χ2v) is 5.48. The van der Waals surface area contributed by atoms with Crippen LogP contribution in [0.15, 0.2) is 17.1 Å². The van der Waals surface area contributed by atoms with Crippen molar-refractivity contribution in [2.24, 2.45) is 4.99 Å². The van der Waals surface area contributed by atoms with Crippen molar-refractivity contribution in [1.29, 1.82) is 5.41 Å². The van der Waals surface area contributed by atoms with E-state index in [1.54, 1.807) is 26.4 Å². The maximum atomic E-state index is 7.06. The first-order valence-electron chi connectivity index (χ1n) is 8.02. The van der Waals surface area contributed by atoms with Gasteiger partial charge in [0, 0.05) is 6.54 Å². The molecule has 2 rings (SSSR count). The Balaban J connectivity index is 0.00000288. The van der Waals surface area contributed by atoms with Gasteiger partial charge in [0.15, 0.2) is 11.5 Å². The number of rotatable bonds is 8. The Kier molecular flexibility index (Phi) is 12.1. The van der Waals surface area contributed by atoms with Gasteiger partial charge in [-0.05, 0) is 44.5 Å². The lowest BCUT2D eigenvalue weighted by Crippen LogP contribution is -2.31. The Labute approximate surface area is 161 Å². The zero-order chi connectivity index (χ0) is 16.5. The summed E-state index contributed by atoms with van der Waals surface area (Å²) < 4.78 is 16.6. The van der Waals surface area contributed by atoms with Gasteiger partial charge in [-0.2, -0.15) is 4.99 Å². The fourth-order valence-electron chi connectivity index (χ4n) is 2.82. The molecule has 1 aromatic carbocycles. The highest BCUT2D eigenvalue weighted by atomic mass is 35.5. The highest BCUT2D eigenvalue weighted by molar-refractivity contribution is 5.85. The molecule has 142 valence electrons. The quantitative estimate of drug-likeness (QED) is 0.532. The van der Waals surface area contributed by atoms with Gasteiger partial charge in [0.25, 0.3) is 0 Å². The van der Waals surface area contributed by atoms with Crippen molar-refractivity contribution in [3.63, 3.8) is 0 Å². The van der Waals surface area contributed by atoms with Crippen LogP contribution in [0, 0.1) is 5.41 Å². The summed E-state index contributed by atoms with van der Waals surface area (Å²) in [6, 6.07) is 5.53. The van der Waals surface area contributed by atoms with E-state index in [2.05, 4.69) is 9.89 Å². The summed E-state index contributed by atoms with van der Waals surface area (Å²) in [5, 5.41) is 7.06. The first kappa shape index (κ1) is 23.5. The smallest absolute Gasteiger partial charge is 0.205 e. The van der Waals surface area contributed by atoms with Gasteiger partial charge < -0.3 is 19.1 Å². The molecular weight excluding hydrogens is 365 g/mol. The van der Waals surface area contributed by atoms with Crippen molar-refractivity contribution in [3.05, 3.63) is 12.1 Å². The van der Waals surface area contributed by atoms with Gasteiger partial charge in [0.05, 0.1) is 26.8 Å². The molecule has 0 aromatic heterocycles. The molecule has 1 aromatic rings. The zero-order valence-electron chi connectivity index (χ0n) is 14.7. The fourth-order valence-corrected chi connectivity index (χ4v) is 2.82. The zero-order valence-corrected chi connectivity index (χ0v) is 16.4. The van der Waals surface area contributed by atoms with Crippen molar-refractivity contribution in [2.45, 2.75) is 25.7 Å². The van der Waals surface area contributed by atoms with Crippen molar-refractivity contribution >= 4 is 36.5 Å². The number of ether oxygens (including phenoxy) is 3. The second kappa shape index (κ2) is 12.8. The highest BCUT2D eigenvalue weighted by Crippen LogP contribution is 2.44. The number of hydrogen-bond donors (Lipinski definition) is 1. The van der Waals surface area contributed by atoms with Crippen molar-refractivity contribution < 1.29 is 14.2 Å². The van der Waals surface area contributed by atoms with Crippen LogP contribution < -0.4 is 14.2 Å². The van der Waals surface area contributed by atoms with Crippen LogP contribution in [0.2, 0.25) is 0 Å². The molecular formula is C17H27Cl2N3O3. The van der Waals surface area contributed by atoms with E-state index in [-0.39, 0.29) is 24.8 Å². The number of likely N-dealkylation sites (tertiary alicyclic amines) is 1. The normalized spacial score (nSPS) is 13.7. The standard InChI is InChI=1S/C17H25N3O3.2ClH/c1-21-15-8-7-14(19-13-18)16(17(15)22-2)23-12-6-11-20-9-4-3-5-10-20;;/h7-8,18H,3-6,9-12H2,1-2H3;2*1H. The lowest BCUT2D eigenvalue weighted by molar-refractivity contribution is 0.202. The number of piperidine rings is 1. The molecule has 0 amide bonds. The summed E-state index contributed by atoms with van der Waals surface area (Å²) in [5.74, 6) is 1.59. The Hall–Kier alpha value is -1.46. The van der Waals surface area contributed by atoms with E-state index in [0.717, 1.165) is 13.0 Å². The fraction of sp³-hybridized carbons (Fsp3) is 0.588. The molecule has 0 aliphatic carbocycles. The van der Waals surface area contributed by atoms with Crippen LogP contribution in [0.4, 0.5) is 5.69 Å². The van der Waals surface area contributed by atoms with E-state index < -0.39 is 0 Å². The molecule has 0 radical (unpaired) electrons. The Morgan fingerprint density at radius 3 is 2.40 bits per heavy atom. The lowest BCUT2D eigenvalue weighted by Gasteiger charge is -2.26. The van der Waals surface area contributed by atoms with E-state index in [0.29, 0.717) is 29.5 Å². The number of methoxy groups -OCH3 is 2. The second-order valence-electron chi connectivity index (χ2n) is 5.48. The van der Waals surface area contributed by atoms with Crippen molar-refractivity contribution in [2.75, 3.05) is 40.5 Å². The van der Waals surface area contributed by atoms with E-state index in [1.165, 1.54) is 32.4 Å². The Bertz CT molecular complexity index is 560. The lowest BCUT2D eigenvalue weighted by atomic mass is 10.1. The van der Waals surface area contributed by atoms with E-state index in [9.17, 15) is 0 Å². The van der Waals surface area contributed by atoms with Gasteiger partial charge in [0.2, 0.25) is 5.75 Å². The summed E-state index contributed by atoms with van der Waals surface area (Å²) >= 11 is 0. The molecule has 0 saturated carbocycles. The minimum Gasteiger partial charge on any atom is -0.493 e. The minimum absolute atomic E-state index is 0. The number of hydrogen-bond acceptors (Lipinski definition) is 6. The monoisotopic (exact) mass is 391 g/mol. The molecule has 1 heterocycles. The predicted octanol–water partition coefficient (Wildman–Crippen LogP) is 4.19. The number of nitrogens with zero attached hydrogens (tertiary/aromatic N) is 2. The largest absolute Gasteiger partial charge is 0.493 e. The minimum atomic E-state index is 0. The molecule has 0 bridgehead atoms. The first-order valence-corrected chi connectivity index (χ1v) is 8.02. The summed E-state index contributed by atoms with van der Waals surface area (Å²) in [6.07, 6.45) is 4.87. The SMILES string of the molecule is COc1ccc(N=C=N)c(OCCCN2CCCCC2)c1OC.Cl.Cl. The third-order valence-corrected chi connectivity index (χ3v) is 3.97. The molecule has 25 heavy (non-hydrogen) atoms. The highest BCUT2D eigenvalue weighted by Gasteiger charge is 2.17. The van der Waals surface area contributed by atoms with Crippen LogP contribution >= 0.6 is 24.8 Å². The maximum Gasteiger partial charge on any atom is 0.205 e. The van der Waals surface area contributed by atoms with Crippen LogP contribution in [0.25, 0.3) is 0 Å². The van der Waals surface area contributed by atoms with Crippen molar-refractivity contribution in [1.82, 2.24) is 4.90 Å². The van der Waals surface area contributed by atoms with Gasteiger partial charge in [0.1, 0.15) is 5.69 Å². The molecule has 0 unspecified atom stereocenters. The number of benzene rings is 1. The van der Waals surface area contributed by atoms with E-state index >= 15 is 0 Å². The number of aliphatic imine (C=N–C) groups is 1. The number of halogens is 2. The number of nitrogens with one attached hydrogen (secondary N) is 1. The maximum absolute atomic E-state index is 7.06. The molecule has 1 aliphatic rings. The van der Waals surface area contributed by atoms with Crippen LogP contribution in [-0.4, -0.2) is 51.4 Å². The van der Waals surface area contributed by atoms with Gasteiger partial charge in [-0.25, -0.2) is 5.41 Å². The average molecular weight is 392 g/mol. The first-order chi connectivity index (χ1) is 11.3. The predicted molar refractivity (Wildman–Crippen MR) is 104 cm³/mol. The van der Waals surface area contributed by atoms with Crippen LogP contribution in [0.5, 0.6) is 17.2 Å². The van der Waals surface area contributed by atoms with E-state index in [1.807, 2.05) is 6.01 Å². The molecule has 0 spiro atoms. The Morgan fingerprint density at radius 2 is 1.80 bits per heavy atom.